The van der Waals surface area contributed by atoms with Crippen molar-refractivity contribution in [2.24, 2.45) is 0 Å². The number of carbonyl (C=O) groups is 1. The molecule has 8 heteroatoms. The van der Waals surface area contributed by atoms with Crippen LogP contribution in [0.3, 0.4) is 0 Å². The van der Waals surface area contributed by atoms with Gasteiger partial charge in [0, 0.05) is 36.0 Å². The Morgan fingerprint density at radius 1 is 1.06 bits per heavy atom. The van der Waals surface area contributed by atoms with E-state index in [4.69, 9.17) is 4.42 Å². The van der Waals surface area contributed by atoms with Gasteiger partial charge in [-0.15, -0.1) is 0 Å². The lowest BCUT2D eigenvalue weighted by Crippen LogP contribution is -2.30. The van der Waals surface area contributed by atoms with Crippen molar-refractivity contribution < 1.29 is 14.1 Å². The van der Waals surface area contributed by atoms with Crippen LogP contribution in [-0.4, -0.2) is 28.9 Å². The monoisotopic (exact) mass is 456 g/mol. The summed E-state index contributed by atoms with van der Waals surface area (Å²) in [4.78, 5) is 30.9. The summed E-state index contributed by atoms with van der Waals surface area (Å²) in [6, 6.07) is 17.7. The molecular weight excluding hydrogens is 432 g/mol. The molecule has 1 fully saturated rings. The van der Waals surface area contributed by atoms with Crippen LogP contribution in [0.5, 0.6) is 0 Å². The number of nitrogens with one attached hydrogen (secondary N) is 1. The van der Waals surface area contributed by atoms with Gasteiger partial charge < -0.3 is 14.6 Å². The van der Waals surface area contributed by atoms with E-state index < -0.39 is 10.8 Å². The van der Waals surface area contributed by atoms with Crippen LogP contribution in [0.15, 0.2) is 65.1 Å². The maximum absolute atomic E-state index is 13.0. The molecule has 0 aliphatic carbocycles. The van der Waals surface area contributed by atoms with E-state index in [0.717, 1.165) is 49.0 Å². The number of carbonyl (C=O) groups excluding carboxylic acids is 1. The lowest BCUT2D eigenvalue weighted by Gasteiger charge is -2.28. The quantitative estimate of drug-likeness (QED) is 0.294. The van der Waals surface area contributed by atoms with Crippen molar-refractivity contribution in [2.45, 2.75) is 26.2 Å². The molecule has 3 aromatic carbocycles. The van der Waals surface area contributed by atoms with Crippen molar-refractivity contribution in [2.75, 3.05) is 23.3 Å². The normalized spacial score (nSPS) is 13.7. The van der Waals surface area contributed by atoms with E-state index in [1.54, 1.807) is 18.2 Å². The number of rotatable bonds is 5. The summed E-state index contributed by atoms with van der Waals surface area (Å²) in [6.45, 7) is 3.45. The average Bonchev–Trinajstić information content (AvgIpc) is 3.29. The second kappa shape index (κ2) is 8.97. The average molecular weight is 457 g/mol. The molecule has 1 aliphatic heterocycles. The predicted octanol–water partition coefficient (Wildman–Crippen LogP) is 5.95. The first-order chi connectivity index (χ1) is 16.5. The van der Waals surface area contributed by atoms with Crippen LogP contribution in [0.2, 0.25) is 0 Å². The Bertz CT molecular complexity index is 1360. The highest BCUT2D eigenvalue weighted by atomic mass is 16.6. The van der Waals surface area contributed by atoms with Crippen LogP contribution in [0.25, 0.3) is 22.6 Å². The number of piperidine rings is 1. The van der Waals surface area contributed by atoms with Gasteiger partial charge in [-0.1, -0.05) is 18.2 Å². The molecule has 0 saturated carbocycles. The third-order valence-corrected chi connectivity index (χ3v) is 6.24. The summed E-state index contributed by atoms with van der Waals surface area (Å²) in [5, 5.41) is 14.6. The zero-order chi connectivity index (χ0) is 23.7. The molecule has 1 aliphatic rings. The molecule has 172 valence electrons. The van der Waals surface area contributed by atoms with Crippen LogP contribution in [0.4, 0.5) is 17.1 Å². The highest BCUT2D eigenvalue weighted by Gasteiger charge is 2.23. The van der Waals surface area contributed by atoms with Gasteiger partial charge in [0.05, 0.1) is 4.92 Å². The fourth-order valence-corrected chi connectivity index (χ4v) is 4.40. The molecular formula is C26H24N4O4. The van der Waals surface area contributed by atoms with E-state index in [0.29, 0.717) is 22.8 Å². The highest BCUT2D eigenvalue weighted by Crippen LogP contribution is 2.33. The van der Waals surface area contributed by atoms with Crippen LogP contribution in [-0.2, 0) is 0 Å². The van der Waals surface area contributed by atoms with E-state index in [1.165, 1.54) is 6.07 Å². The van der Waals surface area contributed by atoms with Crippen molar-refractivity contribution >= 4 is 34.1 Å². The number of oxazole rings is 1. The van der Waals surface area contributed by atoms with Crippen LogP contribution >= 0.6 is 0 Å². The molecule has 0 radical (unpaired) electrons. The number of para-hydroxylation sites is 2. The first kappa shape index (κ1) is 21.6. The summed E-state index contributed by atoms with van der Waals surface area (Å²) in [5.41, 5.74) is 4.34. The van der Waals surface area contributed by atoms with Gasteiger partial charge in [-0.05, 0) is 68.1 Å². The minimum Gasteiger partial charge on any atom is -0.436 e. The highest BCUT2D eigenvalue weighted by molar-refractivity contribution is 6.06. The van der Waals surface area contributed by atoms with Crippen molar-refractivity contribution in [3.63, 3.8) is 0 Å². The summed E-state index contributed by atoms with van der Waals surface area (Å²) >= 11 is 0. The molecule has 0 atom stereocenters. The predicted molar refractivity (Wildman–Crippen MR) is 131 cm³/mol. The van der Waals surface area contributed by atoms with Crippen LogP contribution < -0.4 is 10.2 Å². The Hall–Kier alpha value is -4.20. The van der Waals surface area contributed by atoms with Crippen molar-refractivity contribution in [3.8, 4) is 11.5 Å². The first-order valence-corrected chi connectivity index (χ1v) is 11.3. The zero-order valence-electron chi connectivity index (χ0n) is 18.8. The summed E-state index contributed by atoms with van der Waals surface area (Å²) < 4.78 is 5.89. The molecule has 1 saturated heterocycles. The molecule has 8 nitrogen and oxygen atoms in total. The molecule has 0 unspecified atom stereocenters. The molecule has 5 rings (SSSR count). The number of aromatic nitrogens is 1. The van der Waals surface area contributed by atoms with Gasteiger partial charge in [-0.25, -0.2) is 4.98 Å². The Labute approximate surface area is 196 Å². The number of hydrogen-bond donors (Lipinski definition) is 1. The van der Waals surface area contributed by atoms with E-state index in [-0.39, 0.29) is 11.3 Å². The van der Waals surface area contributed by atoms with Crippen molar-refractivity contribution in [3.05, 3.63) is 81.9 Å². The second-order valence-electron chi connectivity index (χ2n) is 8.43. The van der Waals surface area contributed by atoms with E-state index in [1.807, 2.05) is 48.2 Å². The Balaban J connectivity index is 1.42. The van der Waals surface area contributed by atoms with E-state index in [2.05, 4.69) is 10.3 Å². The van der Waals surface area contributed by atoms with Gasteiger partial charge >= 0.3 is 0 Å². The maximum Gasteiger partial charge on any atom is 0.293 e. The summed E-state index contributed by atoms with van der Waals surface area (Å²) in [6.07, 6.45) is 3.15. The molecule has 0 bridgehead atoms. The number of amides is 1. The summed E-state index contributed by atoms with van der Waals surface area (Å²) in [5.74, 6) is 0.0578. The zero-order valence-corrected chi connectivity index (χ0v) is 18.8. The topological polar surface area (TPSA) is 102 Å². The van der Waals surface area contributed by atoms with E-state index >= 15 is 0 Å². The number of hydrogen-bond acceptors (Lipinski definition) is 6. The van der Waals surface area contributed by atoms with Crippen LogP contribution in [0, 0.1) is 17.0 Å². The molecule has 34 heavy (non-hydrogen) atoms. The molecule has 2 heterocycles. The maximum atomic E-state index is 13.0. The van der Waals surface area contributed by atoms with Gasteiger partial charge in [0.2, 0.25) is 5.89 Å². The molecule has 0 spiro atoms. The van der Waals surface area contributed by atoms with Crippen LogP contribution in [0.1, 0.15) is 35.2 Å². The Morgan fingerprint density at radius 3 is 2.62 bits per heavy atom. The van der Waals surface area contributed by atoms with Gasteiger partial charge in [0.15, 0.2) is 5.58 Å². The fraction of sp³-hybridized carbons (Fsp3) is 0.231. The molecule has 1 N–H and O–H groups in total. The third-order valence-electron chi connectivity index (χ3n) is 6.24. The Morgan fingerprint density at radius 2 is 1.85 bits per heavy atom. The Kier molecular flexibility index (Phi) is 5.71. The van der Waals surface area contributed by atoms with Gasteiger partial charge in [0.1, 0.15) is 11.2 Å². The number of anilines is 2. The minimum absolute atomic E-state index is 0.0495. The number of fused-ring (bicyclic) bond motifs is 1. The third kappa shape index (κ3) is 4.10. The number of nitrogens with zero attached hydrogens (tertiary/aromatic N) is 3. The SMILES string of the molecule is Cc1c(NC(=O)c2ccc(N3CCCCC3)c([N+](=O)[O-])c2)cccc1-c1nc2ccccc2o1. The standard InChI is InChI=1S/C26H24N4O4/c1-17-19(26-28-21-9-3-4-11-24(21)34-26)8-7-10-20(17)27-25(31)18-12-13-22(23(16-18)30(32)33)29-14-5-2-6-15-29/h3-4,7-13,16H,2,5-6,14-15H2,1H3,(H,27,31). The first-order valence-electron chi connectivity index (χ1n) is 11.3. The van der Waals surface area contributed by atoms with Crippen molar-refractivity contribution in [1.82, 2.24) is 4.98 Å². The lowest BCUT2D eigenvalue weighted by atomic mass is 10.1. The smallest absolute Gasteiger partial charge is 0.293 e. The summed E-state index contributed by atoms with van der Waals surface area (Å²) in [7, 11) is 0. The number of nitro groups is 1. The lowest BCUT2D eigenvalue weighted by molar-refractivity contribution is -0.384. The largest absolute Gasteiger partial charge is 0.436 e. The molecule has 1 aromatic heterocycles. The van der Waals surface area contributed by atoms with Crippen molar-refractivity contribution in [1.29, 1.82) is 0 Å². The number of benzene rings is 3. The van der Waals surface area contributed by atoms with Gasteiger partial charge in [0.25, 0.3) is 11.6 Å². The molecule has 1 amide bonds. The van der Waals surface area contributed by atoms with Gasteiger partial charge in [-0.2, -0.15) is 0 Å². The van der Waals surface area contributed by atoms with Gasteiger partial charge in [-0.3, -0.25) is 14.9 Å². The number of nitro benzene ring substituents is 1. The second-order valence-corrected chi connectivity index (χ2v) is 8.43. The molecule has 4 aromatic rings. The minimum atomic E-state index is -0.417. The van der Waals surface area contributed by atoms with E-state index in [9.17, 15) is 14.9 Å². The fourth-order valence-electron chi connectivity index (χ4n) is 4.40.